The minimum absolute atomic E-state index is 0. The van der Waals surface area contributed by atoms with Crippen molar-refractivity contribution in [1.29, 1.82) is 0 Å². The van der Waals surface area contributed by atoms with Gasteiger partial charge >= 0.3 is 200 Å². The normalized spacial score (nSPS) is 10.6. The van der Waals surface area contributed by atoms with E-state index in [1.165, 1.54) is 79.9 Å². The number of unbranched alkanes of at least 4 members (excludes halogenated alkanes) is 4. The summed E-state index contributed by atoms with van der Waals surface area (Å²) in [5.74, 6) is 0. The third kappa shape index (κ3) is 16.7. The second-order valence-electron chi connectivity index (χ2n) is 11.0. The van der Waals surface area contributed by atoms with Crippen molar-refractivity contribution < 1.29 is 0 Å². The number of thioether (sulfide) groups is 1. The zero-order chi connectivity index (χ0) is 32.7. The van der Waals surface area contributed by atoms with Crippen LogP contribution in [0.25, 0.3) is 0 Å². The molecule has 0 atom stereocenters. The van der Waals surface area contributed by atoms with Gasteiger partial charge in [0.25, 0.3) is 0 Å². The van der Waals surface area contributed by atoms with Crippen LogP contribution >= 0.6 is 91.4 Å². The van der Waals surface area contributed by atoms with Crippen LogP contribution in [-0.2, 0) is 27.6 Å². The van der Waals surface area contributed by atoms with E-state index in [-0.39, 0.29) is 71.7 Å². The molecule has 3 aromatic rings. The molecule has 0 bridgehead atoms. The third-order valence-corrected chi connectivity index (χ3v) is 28.4. The molecule has 0 amide bonds. The standard InChI is InChI=1S/C10H18N2S.C4H3Br3N2.C4H3Br2N2.3C4H9.4Sn.2H/c1-5-6-7-9-8(2)12(3)10(11-9)13-4;1-9-3(6)2(5)8-4(9)7;1-8-2-7-3(5)4(8)6;3*1-3-4-2;;;;;;/h5-7H2,1-4H3;1H3;1H3;3*1,3-4H2,2H3;;;;;;. The van der Waals surface area contributed by atoms with E-state index in [9.17, 15) is 0 Å². The molecule has 0 spiro atoms. The fraction of sp³-hybridized carbons (Fsp3) is 0.700. The summed E-state index contributed by atoms with van der Waals surface area (Å²) < 4.78 is 16.9. The monoisotopic (exact) mass is 1400 g/mol. The summed E-state index contributed by atoms with van der Waals surface area (Å²) in [5.41, 5.74) is 2.59. The zero-order valence-corrected chi connectivity index (χ0v) is 50.2. The molecular formula is C30H53Br5N6SSn4. The summed E-state index contributed by atoms with van der Waals surface area (Å²) in [5, 5.41) is 1.13. The summed E-state index contributed by atoms with van der Waals surface area (Å²) in [6.45, 7) is 11.3. The van der Waals surface area contributed by atoms with E-state index in [0.29, 0.717) is 0 Å². The zero-order valence-electron chi connectivity index (χ0n) is 29.1. The van der Waals surface area contributed by atoms with Crippen LogP contribution in [0.3, 0.4) is 0 Å². The Morgan fingerprint density at radius 1 is 0.652 bits per heavy atom. The average Bonchev–Trinajstić information content (AvgIpc) is 3.52. The molecule has 0 saturated heterocycles. The minimum Gasteiger partial charge on any atom is 0 e. The van der Waals surface area contributed by atoms with Gasteiger partial charge in [0, 0.05) is 43.7 Å². The number of aryl methyl sites for hydroxylation is 1. The van der Waals surface area contributed by atoms with Crippen molar-refractivity contribution in [3.8, 4) is 0 Å². The summed E-state index contributed by atoms with van der Waals surface area (Å²) in [4.78, 5) is 13.6. The van der Waals surface area contributed by atoms with E-state index in [1.54, 1.807) is 11.8 Å². The molecule has 0 N–H and O–H groups in total. The maximum Gasteiger partial charge on any atom is 0 e. The van der Waals surface area contributed by atoms with Crippen LogP contribution in [0.5, 0.6) is 0 Å². The summed E-state index contributed by atoms with van der Waals surface area (Å²) in [6.07, 6.45) is 13.7. The van der Waals surface area contributed by atoms with Crippen molar-refractivity contribution in [2.75, 3.05) is 6.26 Å². The first-order valence-electron chi connectivity index (χ1n) is 15.3. The Morgan fingerprint density at radius 3 is 1.37 bits per heavy atom. The number of imidazole rings is 3. The minimum atomic E-state index is -2.39. The van der Waals surface area contributed by atoms with Gasteiger partial charge < -0.3 is 9.13 Å². The van der Waals surface area contributed by atoms with Crippen LogP contribution in [0.4, 0.5) is 0 Å². The van der Waals surface area contributed by atoms with Crippen molar-refractivity contribution >= 4 is 185 Å². The molecule has 0 aliphatic carbocycles. The first kappa shape index (κ1) is 53.9. The maximum absolute atomic E-state index is 4.97. The molecule has 260 valence electrons. The fourth-order valence-electron chi connectivity index (χ4n) is 4.97. The second kappa shape index (κ2) is 29.0. The van der Waals surface area contributed by atoms with E-state index in [2.05, 4.69) is 154 Å². The molecule has 10 radical (unpaired) electrons. The largest absolute Gasteiger partial charge is 0 e. The summed E-state index contributed by atoms with van der Waals surface area (Å²) in [6, 6.07) is 0. The second-order valence-corrected chi connectivity index (χ2v) is 28.3. The molecule has 6 nitrogen and oxygen atoms in total. The molecule has 0 saturated carbocycles. The summed E-state index contributed by atoms with van der Waals surface area (Å²) >= 11 is 16.5. The molecule has 0 unspecified atom stereocenters. The van der Waals surface area contributed by atoms with E-state index < -0.39 is 18.4 Å². The van der Waals surface area contributed by atoms with Gasteiger partial charge in [-0.05, 0) is 73.8 Å². The Hall–Kier alpha value is 3.57. The Kier molecular flexibility index (Phi) is 34.0. The van der Waals surface area contributed by atoms with Gasteiger partial charge in [0.15, 0.2) is 9.89 Å². The average molecular weight is 1400 g/mol. The number of hydrogen-bond acceptors (Lipinski definition) is 4. The molecule has 46 heavy (non-hydrogen) atoms. The Labute approximate surface area is 380 Å². The quantitative estimate of drug-likeness (QED) is 0.119. The van der Waals surface area contributed by atoms with Gasteiger partial charge in [-0.2, -0.15) is 0 Å². The van der Waals surface area contributed by atoms with Crippen LogP contribution in [0.2, 0.25) is 13.3 Å². The molecule has 3 rings (SSSR count). The van der Waals surface area contributed by atoms with Crippen LogP contribution in [-0.4, -0.2) is 125 Å². The van der Waals surface area contributed by atoms with Crippen molar-refractivity contribution in [3.63, 3.8) is 0 Å². The van der Waals surface area contributed by atoms with Gasteiger partial charge in [0.1, 0.15) is 9.21 Å². The smallest absolute Gasteiger partial charge is 0 e. The molecule has 0 aromatic carbocycles. The molecule has 3 aromatic heterocycles. The summed E-state index contributed by atoms with van der Waals surface area (Å²) in [7, 11) is 6.18. The third-order valence-electron chi connectivity index (χ3n) is 7.81. The molecule has 0 aliphatic rings. The van der Waals surface area contributed by atoms with Crippen molar-refractivity contribution in [1.82, 2.24) is 28.7 Å². The van der Waals surface area contributed by atoms with Gasteiger partial charge in [-0.3, -0.25) is 0 Å². The van der Waals surface area contributed by atoms with Crippen molar-refractivity contribution in [2.24, 2.45) is 21.1 Å². The number of halogens is 5. The predicted molar refractivity (Wildman–Crippen MR) is 228 cm³/mol. The van der Waals surface area contributed by atoms with Crippen LogP contribution in [0.15, 0.2) is 28.3 Å². The number of hydrogen-bond donors (Lipinski definition) is 0. The van der Waals surface area contributed by atoms with E-state index in [0.717, 1.165) is 34.7 Å². The predicted octanol–water partition coefficient (Wildman–Crippen LogP) is 9.82. The number of rotatable bonds is 14. The van der Waals surface area contributed by atoms with Gasteiger partial charge in [-0.1, -0.05) is 25.1 Å². The van der Waals surface area contributed by atoms with Crippen LogP contribution < -0.4 is 3.84 Å². The SMILES string of the molecule is CCCCc1nc(SC)n(C)c1C.CCC[CH2][Sn]([CH2]CCC)([CH2]CCC)[c]1nc(Br)c(Br)n1C.Cn1c(Br)nc(Br)c1Br.[SnH].[SnH].[Sn]. The first-order chi connectivity index (χ1) is 20.3. The first-order valence-corrected chi connectivity index (χ1v) is 28.0. The Morgan fingerprint density at radius 2 is 1.09 bits per heavy atom. The van der Waals surface area contributed by atoms with Gasteiger partial charge in [-0.15, -0.1) is 0 Å². The fourth-order valence-corrected chi connectivity index (χ4v) is 25.0. The molecule has 16 heteroatoms. The van der Waals surface area contributed by atoms with Crippen molar-refractivity contribution in [3.05, 3.63) is 34.5 Å². The van der Waals surface area contributed by atoms with Gasteiger partial charge in [0.2, 0.25) is 0 Å². The number of aromatic nitrogens is 6. The van der Waals surface area contributed by atoms with Crippen LogP contribution in [0, 0.1) is 6.92 Å². The van der Waals surface area contributed by atoms with Gasteiger partial charge in [0.05, 0.1) is 5.69 Å². The van der Waals surface area contributed by atoms with Crippen molar-refractivity contribution in [2.45, 2.75) is 111 Å². The molecule has 0 aliphatic heterocycles. The molecule has 3 heterocycles. The van der Waals surface area contributed by atoms with E-state index in [4.69, 9.17) is 4.98 Å². The van der Waals surface area contributed by atoms with Gasteiger partial charge in [-0.25, -0.2) is 9.97 Å². The molecule has 0 fully saturated rings. The Balaban J connectivity index is -0.000000635. The Bertz CT molecular complexity index is 1210. The van der Waals surface area contributed by atoms with Crippen LogP contribution in [0.1, 0.15) is 90.4 Å². The van der Waals surface area contributed by atoms with E-state index >= 15 is 0 Å². The molecular weight excluding hydrogens is 1350 g/mol. The number of nitrogens with zero attached hydrogens (tertiary/aromatic N) is 6. The maximum atomic E-state index is 4.97. The van der Waals surface area contributed by atoms with E-state index in [1.807, 2.05) is 11.6 Å². The topological polar surface area (TPSA) is 53.5 Å².